The molecule has 0 aliphatic carbocycles. The fraction of sp³-hybridized carbons (Fsp3) is 0.286. The van der Waals surface area contributed by atoms with E-state index in [-0.39, 0.29) is 26.7 Å². The molecule has 35 heavy (non-hydrogen) atoms. The first-order valence-electron chi connectivity index (χ1n) is 10.3. The maximum Gasteiger partial charge on any atom is 0.416 e. The molecule has 1 aliphatic heterocycles. The monoisotopic (exact) mass is 568 g/mol. The van der Waals surface area contributed by atoms with Gasteiger partial charge in [0.25, 0.3) is 10.0 Å². The number of aromatic nitrogens is 1. The number of anilines is 3. The van der Waals surface area contributed by atoms with Crippen molar-refractivity contribution >= 4 is 61.1 Å². The van der Waals surface area contributed by atoms with E-state index in [4.69, 9.17) is 23.2 Å². The number of alkyl halides is 3. The smallest absolute Gasteiger partial charge is 0.380 e. The van der Waals surface area contributed by atoms with Crippen LogP contribution in [0.4, 0.5) is 34.1 Å². The summed E-state index contributed by atoms with van der Waals surface area (Å²) in [5, 5.41) is 2.78. The summed E-state index contributed by atoms with van der Waals surface area (Å²) in [6, 6.07) is 5.34. The topological polar surface area (TPSA) is 74.3 Å². The Morgan fingerprint density at radius 2 is 1.83 bits per heavy atom. The first-order chi connectivity index (χ1) is 16.4. The summed E-state index contributed by atoms with van der Waals surface area (Å²) in [6.07, 6.45) is -1.49. The molecule has 4 rings (SSSR count). The normalized spacial score (nSPS) is 14.4. The van der Waals surface area contributed by atoms with E-state index in [1.807, 2.05) is 4.90 Å². The molecular weight excluding hydrogens is 551 g/mol. The Labute approximate surface area is 212 Å². The van der Waals surface area contributed by atoms with Crippen LogP contribution < -0.4 is 14.9 Å². The van der Waals surface area contributed by atoms with Crippen LogP contribution in [0.2, 0.25) is 9.36 Å². The van der Waals surface area contributed by atoms with Crippen molar-refractivity contribution in [2.45, 2.75) is 30.5 Å². The average Bonchev–Trinajstić information content (AvgIpc) is 3.45. The Morgan fingerprint density at radius 3 is 2.46 bits per heavy atom. The molecule has 1 aliphatic rings. The summed E-state index contributed by atoms with van der Waals surface area (Å²) in [5.41, 5.74) is 0.339. The van der Waals surface area contributed by atoms with Crippen LogP contribution in [0.5, 0.6) is 0 Å². The number of rotatable bonds is 7. The highest BCUT2D eigenvalue weighted by molar-refractivity contribution is 7.93. The molecule has 2 aromatic carbocycles. The highest BCUT2D eigenvalue weighted by atomic mass is 35.5. The number of hydrogen-bond acceptors (Lipinski definition) is 6. The van der Waals surface area contributed by atoms with Crippen molar-refractivity contribution in [2.75, 3.05) is 28.0 Å². The van der Waals surface area contributed by atoms with Crippen LogP contribution in [0.1, 0.15) is 24.0 Å². The Balaban J connectivity index is 1.57. The lowest BCUT2D eigenvalue weighted by atomic mass is 10.1. The van der Waals surface area contributed by atoms with E-state index in [2.05, 4.69) is 15.0 Å². The third-order valence-corrected chi connectivity index (χ3v) is 8.17. The van der Waals surface area contributed by atoms with Crippen LogP contribution in [0, 0.1) is 5.82 Å². The summed E-state index contributed by atoms with van der Waals surface area (Å²) < 4.78 is 82.1. The number of sulfonamides is 1. The number of nitrogens with one attached hydrogen (secondary N) is 2. The van der Waals surface area contributed by atoms with Crippen molar-refractivity contribution in [3.8, 4) is 0 Å². The largest absolute Gasteiger partial charge is 0.416 e. The zero-order chi connectivity index (χ0) is 25.4. The van der Waals surface area contributed by atoms with Gasteiger partial charge >= 0.3 is 6.18 Å². The van der Waals surface area contributed by atoms with Gasteiger partial charge in [-0.2, -0.15) is 13.2 Å². The fourth-order valence-corrected chi connectivity index (χ4v) is 6.11. The van der Waals surface area contributed by atoms with Crippen molar-refractivity contribution in [2.24, 2.45) is 0 Å². The number of hydrogen-bond donors (Lipinski definition) is 2. The number of halogens is 6. The van der Waals surface area contributed by atoms with E-state index in [0.29, 0.717) is 24.3 Å². The standard InChI is InChI=1S/C21H18Cl2F4N4O2S2/c22-14-8-18(35(32,33)30-20-29-11-19(23)34-20)15(24)9-16(14)28-10-12-3-4-13(21(25,26)27)7-17(12)31-5-1-2-6-31/h3-4,7-9,11,28H,1-2,5-6,10H2,(H,29,30). The van der Waals surface area contributed by atoms with E-state index in [0.717, 1.165) is 48.4 Å². The lowest BCUT2D eigenvalue weighted by molar-refractivity contribution is -0.137. The van der Waals surface area contributed by atoms with Crippen LogP contribution in [-0.2, 0) is 22.7 Å². The third-order valence-electron chi connectivity index (χ3n) is 5.34. The quantitative estimate of drug-likeness (QED) is 0.313. The van der Waals surface area contributed by atoms with Crippen LogP contribution in [0.15, 0.2) is 41.4 Å². The molecule has 1 fully saturated rings. The van der Waals surface area contributed by atoms with E-state index in [9.17, 15) is 26.0 Å². The van der Waals surface area contributed by atoms with Crippen LogP contribution in [0.25, 0.3) is 0 Å². The lowest BCUT2D eigenvalue weighted by Gasteiger charge is -2.23. The molecule has 0 radical (unpaired) electrons. The molecule has 2 N–H and O–H groups in total. The van der Waals surface area contributed by atoms with E-state index in [1.54, 1.807) is 0 Å². The minimum atomic E-state index is -4.48. The van der Waals surface area contributed by atoms with Gasteiger partial charge in [-0.1, -0.05) is 40.6 Å². The van der Waals surface area contributed by atoms with Gasteiger partial charge in [0, 0.05) is 25.3 Å². The van der Waals surface area contributed by atoms with Crippen molar-refractivity contribution in [1.82, 2.24) is 4.98 Å². The molecule has 3 aromatic rings. The molecule has 14 heteroatoms. The fourth-order valence-electron chi connectivity index (χ4n) is 3.67. The highest BCUT2D eigenvalue weighted by Gasteiger charge is 2.32. The highest BCUT2D eigenvalue weighted by Crippen LogP contribution is 2.36. The summed E-state index contributed by atoms with van der Waals surface area (Å²) in [4.78, 5) is 4.96. The number of nitrogens with zero attached hydrogens (tertiary/aromatic N) is 2. The summed E-state index contributed by atoms with van der Waals surface area (Å²) in [6.45, 7) is 1.31. The Bertz CT molecular complexity index is 1340. The molecule has 1 saturated heterocycles. The minimum Gasteiger partial charge on any atom is -0.380 e. The molecule has 0 amide bonds. The van der Waals surface area contributed by atoms with Gasteiger partial charge in [0.05, 0.1) is 22.5 Å². The Kier molecular flexibility index (Phi) is 7.37. The van der Waals surface area contributed by atoms with Gasteiger partial charge in [-0.05, 0) is 42.7 Å². The predicted molar refractivity (Wildman–Crippen MR) is 130 cm³/mol. The Morgan fingerprint density at radius 1 is 1.11 bits per heavy atom. The maximum atomic E-state index is 14.8. The molecule has 0 unspecified atom stereocenters. The number of thiazole rings is 1. The van der Waals surface area contributed by atoms with Gasteiger partial charge in [-0.3, -0.25) is 4.72 Å². The van der Waals surface area contributed by atoms with Gasteiger partial charge in [0.1, 0.15) is 15.0 Å². The van der Waals surface area contributed by atoms with Gasteiger partial charge in [-0.25, -0.2) is 17.8 Å². The van der Waals surface area contributed by atoms with Gasteiger partial charge < -0.3 is 10.2 Å². The minimum absolute atomic E-state index is 0.0375. The molecule has 2 heterocycles. The van der Waals surface area contributed by atoms with Crippen LogP contribution in [0.3, 0.4) is 0 Å². The molecule has 0 atom stereocenters. The molecule has 6 nitrogen and oxygen atoms in total. The first-order valence-corrected chi connectivity index (χ1v) is 13.3. The summed E-state index contributed by atoms with van der Waals surface area (Å²) in [7, 11) is -4.33. The lowest BCUT2D eigenvalue weighted by Crippen LogP contribution is -2.21. The molecule has 0 bridgehead atoms. The van der Waals surface area contributed by atoms with Crippen molar-refractivity contribution < 1.29 is 26.0 Å². The number of benzene rings is 2. The van der Waals surface area contributed by atoms with Crippen LogP contribution >= 0.6 is 34.5 Å². The van der Waals surface area contributed by atoms with Crippen LogP contribution in [-0.4, -0.2) is 26.5 Å². The molecular formula is C21H18Cl2F4N4O2S2. The maximum absolute atomic E-state index is 14.8. The second-order valence-corrected chi connectivity index (χ2v) is 11.4. The zero-order valence-corrected chi connectivity index (χ0v) is 20.9. The molecule has 188 valence electrons. The van der Waals surface area contributed by atoms with Crippen molar-refractivity contribution in [3.05, 3.63) is 62.8 Å². The third kappa shape index (κ3) is 5.93. The zero-order valence-electron chi connectivity index (χ0n) is 17.8. The van der Waals surface area contributed by atoms with Gasteiger partial charge in [0.2, 0.25) is 0 Å². The average molecular weight is 569 g/mol. The van der Waals surface area contributed by atoms with E-state index in [1.165, 1.54) is 12.3 Å². The van der Waals surface area contributed by atoms with Gasteiger partial charge in [-0.15, -0.1) is 0 Å². The van der Waals surface area contributed by atoms with Gasteiger partial charge in [0.15, 0.2) is 5.13 Å². The van der Waals surface area contributed by atoms with E-state index < -0.39 is 32.5 Å². The second kappa shape index (κ2) is 10.00. The van der Waals surface area contributed by atoms with E-state index >= 15 is 0 Å². The SMILES string of the molecule is O=S(=O)(Nc1ncc(Cl)s1)c1cc(Cl)c(NCc2ccc(C(F)(F)F)cc2N2CCCC2)cc1F. The van der Waals surface area contributed by atoms with Crippen molar-refractivity contribution in [3.63, 3.8) is 0 Å². The summed E-state index contributed by atoms with van der Waals surface area (Å²) in [5.74, 6) is -1.07. The first kappa shape index (κ1) is 25.8. The molecule has 0 spiro atoms. The van der Waals surface area contributed by atoms with Crippen molar-refractivity contribution in [1.29, 1.82) is 0 Å². The predicted octanol–water partition coefficient (Wildman–Crippen LogP) is 6.62. The Hall–Kier alpha value is -2.28. The molecule has 0 saturated carbocycles. The second-order valence-electron chi connectivity index (χ2n) is 7.73. The summed E-state index contributed by atoms with van der Waals surface area (Å²) >= 11 is 12.8. The molecule has 1 aromatic heterocycles.